The highest BCUT2D eigenvalue weighted by atomic mass is 16.5. The Kier molecular flexibility index (Phi) is 3.60. The van der Waals surface area contributed by atoms with Gasteiger partial charge in [-0.05, 0) is 112 Å². The summed E-state index contributed by atoms with van der Waals surface area (Å²) in [6.07, 6.45) is 14.4. The molecule has 0 saturated heterocycles. The van der Waals surface area contributed by atoms with Crippen LogP contribution in [0.2, 0.25) is 0 Å². The van der Waals surface area contributed by atoms with E-state index in [1.54, 1.807) is 7.11 Å². The first-order valence-electron chi connectivity index (χ1n) is 12.0. The van der Waals surface area contributed by atoms with Crippen LogP contribution in [0, 0.1) is 45.3 Å². The molecule has 8 saturated carbocycles. The lowest BCUT2D eigenvalue weighted by molar-refractivity contribution is -0.241. The molecule has 0 radical (unpaired) electrons. The van der Waals surface area contributed by atoms with E-state index in [1.807, 2.05) is 19.0 Å². The molecule has 8 aliphatic carbocycles. The van der Waals surface area contributed by atoms with Crippen molar-refractivity contribution in [3.8, 4) is 0 Å². The van der Waals surface area contributed by atoms with E-state index in [-0.39, 0.29) is 22.2 Å². The van der Waals surface area contributed by atoms with Crippen molar-refractivity contribution < 1.29 is 14.3 Å². The number of amides is 1. The normalized spacial score (nSPS) is 53.9. The third kappa shape index (κ3) is 2.27. The highest BCUT2D eigenvalue weighted by Crippen LogP contribution is 2.78. The van der Waals surface area contributed by atoms with Crippen LogP contribution in [0.4, 0.5) is 0 Å². The van der Waals surface area contributed by atoms with E-state index < -0.39 is 0 Å². The van der Waals surface area contributed by atoms with E-state index in [2.05, 4.69) is 0 Å². The zero-order valence-corrected chi connectivity index (χ0v) is 18.5. The maximum atomic E-state index is 13.4. The number of hydrogen-bond acceptors (Lipinski definition) is 3. The van der Waals surface area contributed by atoms with Crippen LogP contribution in [0.5, 0.6) is 0 Å². The largest absolute Gasteiger partial charge is 0.469 e. The van der Waals surface area contributed by atoms with Crippen LogP contribution >= 0.6 is 0 Å². The zero-order chi connectivity index (χ0) is 20.2. The zero-order valence-electron chi connectivity index (χ0n) is 18.5. The number of methoxy groups -OCH3 is 1. The van der Waals surface area contributed by atoms with Crippen LogP contribution < -0.4 is 0 Å². The molecule has 0 aromatic heterocycles. The average Bonchev–Trinajstić information content (AvgIpc) is 2.64. The lowest BCUT2D eigenvalue weighted by Crippen LogP contribution is -2.67. The third-order valence-electron chi connectivity index (χ3n) is 10.7. The van der Waals surface area contributed by atoms with Crippen LogP contribution in [-0.2, 0) is 14.3 Å². The van der Waals surface area contributed by atoms with E-state index >= 15 is 0 Å². The van der Waals surface area contributed by atoms with Gasteiger partial charge in [0.2, 0.25) is 5.91 Å². The second kappa shape index (κ2) is 5.59. The van der Waals surface area contributed by atoms with Gasteiger partial charge in [-0.15, -0.1) is 0 Å². The minimum Gasteiger partial charge on any atom is -0.469 e. The molecule has 29 heavy (non-hydrogen) atoms. The summed E-state index contributed by atoms with van der Waals surface area (Å²) in [4.78, 5) is 28.3. The van der Waals surface area contributed by atoms with Crippen molar-refractivity contribution in [3.05, 3.63) is 0 Å². The van der Waals surface area contributed by atoms with Crippen molar-refractivity contribution >= 4 is 11.9 Å². The van der Waals surface area contributed by atoms with Gasteiger partial charge in [-0.25, -0.2) is 0 Å². The molecule has 0 N–H and O–H groups in total. The molecule has 0 heterocycles. The summed E-state index contributed by atoms with van der Waals surface area (Å²) in [5.41, 5.74) is 0.233. The van der Waals surface area contributed by atoms with Gasteiger partial charge < -0.3 is 9.64 Å². The topological polar surface area (TPSA) is 46.6 Å². The van der Waals surface area contributed by atoms with Crippen molar-refractivity contribution in [3.63, 3.8) is 0 Å². The smallest absolute Gasteiger partial charge is 0.311 e. The molecule has 8 rings (SSSR count). The standard InChI is InChI=1S/C25H37NO3/c1-26(2)20(27)22-6-16-4-17(7-22)11-24(10-16,14-22)25-12-18-5-19(13-25)9-23(8-18,15-25)21(28)29-3/h16-19H,4-15H2,1-3H3. The fourth-order valence-electron chi connectivity index (χ4n) is 10.9. The summed E-state index contributed by atoms with van der Waals surface area (Å²) in [5, 5.41) is 0. The van der Waals surface area contributed by atoms with Gasteiger partial charge in [0.1, 0.15) is 0 Å². The van der Waals surface area contributed by atoms with Crippen LogP contribution in [0.15, 0.2) is 0 Å². The molecule has 4 nitrogen and oxygen atoms in total. The summed E-state index contributed by atoms with van der Waals surface area (Å²) in [6, 6.07) is 0. The molecule has 0 aliphatic heterocycles. The first-order valence-corrected chi connectivity index (χ1v) is 12.0. The van der Waals surface area contributed by atoms with Crippen LogP contribution in [-0.4, -0.2) is 38.0 Å². The Morgan fingerprint density at radius 2 is 1.14 bits per heavy atom. The fourth-order valence-corrected chi connectivity index (χ4v) is 10.9. The Bertz CT molecular complexity index is 742. The number of nitrogens with zero attached hydrogens (tertiary/aromatic N) is 1. The molecule has 1 amide bonds. The van der Waals surface area contributed by atoms with Gasteiger partial charge in [0.25, 0.3) is 0 Å². The van der Waals surface area contributed by atoms with Gasteiger partial charge >= 0.3 is 5.97 Å². The summed E-state index contributed by atoms with van der Waals surface area (Å²) in [7, 11) is 5.48. The molecule has 4 heteroatoms. The number of carbonyl (C=O) groups is 2. The first kappa shape index (κ1) is 18.7. The van der Waals surface area contributed by atoms with Gasteiger partial charge in [0.15, 0.2) is 0 Å². The molecular weight excluding hydrogens is 362 g/mol. The van der Waals surface area contributed by atoms with Crippen LogP contribution in [0.3, 0.4) is 0 Å². The number of ether oxygens (including phenoxy) is 1. The van der Waals surface area contributed by atoms with E-state index in [4.69, 9.17) is 4.74 Å². The lowest BCUT2D eigenvalue weighted by atomic mass is 9.31. The van der Waals surface area contributed by atoms with Crippen molar-refractivity contribution in [2.24, 2.45) is 45.3 Å². The predicted octanol–water partition coefficient (Wildman–Crippen LogP) is 4.42. The Balaban J connectivity index is 1.43. The molecule has 0 aromatic rings. The lowest BCUT2D eigenvalue weighted by Gasteiger charge is -2.73. The van der Waals surface area contributed by atoms with Gasteiger partial charge in [-0.3, -0.25) is 9.59 Å². The molecule has 4 atom stereocenters. The van der Waals surface area contributed by atoms with E-state index in [0.29, 0.717) is 23.2 Å². The number of hydrogen-bond donors (Lipinski definition) is 0. The van der Waals surface area contributed by atoms with Gasteiger partial charge in [0.05, 0.1) is 17.9 Å². The van der Waals surface area contributed by atoms with Gasteiger partial charge in [0, 0.05) is 14.1 Å². The molecule has 160 valence electrons. The molecule has 8 aliphatic rings. The van der Waals surface area contributed by atoms with Gasteiger partial charge in [-0.1, -0.05) is 0 Å². The monoisotopic (exact) mass is 399 g/mol. The third-order valence-corrected chi connectivity index (χ3v) is 10.7. The van der Waals surface area contributed by atoms with Crippen molar-refractivity contribution in [2.45, 2.75) is 77.0 Å². The van der Waals surface area contributed by atoms with Crippen molar-refractivity contribution in [2.75, 3.05) is 21.2 Å². The van der Waals surface area contributed by atoms with E-state index in [0.717, 1.165) is 50.4 Å². The maximum absolute atomic E-state index is 13.4. The summed E-state index contributed by atoms with van der Waals surface area (Å²) >= 11 is 0. The van der Waals surface area contributed by atoms with Crippen molar-refractivity contribution in [1.82, 2.24) is 4.90 Å². The predicted molar refractivity (Wildman–Crippen MR) is 110 cm³/mol. The Morgan fingerprint density at radius 3 is 1.55 bits per heavy atom. The first-order chi connectivity index (χ1) is 13.7. The second-order valence-corrected chi connectivity index (χ2v) is 12.7. The summed E-state index contributed by atoms with van der Waals surface area (Å²) in [5.74, 6) is 3.31. The molecule has 4 unspecified atom stereocenters. The number of esters is 1. The highest BCUT2D eigenvalue weighted by molar-refractivity contribution is 5.83. The van der Waals surface area contributed by atoms with E-state index in [9.17, 15) is 9.59 Å². The highest BCUT2D eigenvalue weighted by Gasteiger charge is 2.72. The van der Waals surface area contributed by atoms with Gasteiger partial charge in [-0.2, -0.15) is 0 Å². The number of rotatable bonds is 3. The van der Waals surface area contributed by atoms with Crippen LogP contribution in [0.25, 0.3) is 0 Å². The average molecular weight is 400 g/mol. The molecular formula is C25H37NO3. The fraction of sp³-hybridized carbons (Fsp3) is 0.920. The Hall–Kier alpha value is -1.06. The second-order valence-electron chi connectivity index (χ2n) is 12.7. The maximum Gasteiger partial charge on any atom is 0.311 e. The number of carbonyl (C=O) groups excluding carboxylic acids is 2. The quantitative estimate of drug-likeness (QED) is 0.660. The minimum atomic E-state index is -0.221. The van der Waals surface area contributed by atoms with Crippen LogP contribution in [0.1, 0.15) is 77.0 Å². The molecule has 8 bridgehead atoms. The SMILES string of the molecule is COC(=O)C12CC3CC(C1)CC(C14CC5CC(CC(C(=O)N(C)C)(C5)C1)C4)(C3)C2. The summed E-state index contributed by atoms with van der Waals surface area (Å²) < 4.78 is 5.39. The van der Waals surface area contributed by atoms with Crippen molar-refractivity contribution in [1.29, 1.82) is 0 Å². The molecule has 0 spiro atoms. The molecule has 8 fully saturated rings. The minimum absolute atomic E-state index is 0.0692. The Morgan fingerprint density at radius 1 is 0.724 bits per heavy atom. The molecule has 0 aromatic carbocycles. The Labute approximate surface area is 175 Å². The van der Waals surface area contributed by atoms with E-state index in [1.165, 1.54) is 38.5 Å². The summed E-state index contributed by atoms with van der Waals surface area (Å²) in [6.45, 7) is 0.